The maximum atomic E-state index is 12.7. The lowest BCUT2D eigenvalue weighted by molar-refractivity contribution is -0.143. The van der Waals surface area contributed by atoms with Crippen molar-refractivity contribution in [2.24, 2.45) is 0 Å². The molecule has 0 aliphatic carbocycles. The second-order valence-corrected chi connectivity index (χ2v) is 5.45. The minimum absolute atomic E-state index is 0.00299. The molecular formula is C15H18N2O3S. The summed E-state index contributed by atoms with van der Waals surface area (Å²) in [5.74, 6) is -0.609. The standard InChI is InChI=1S/C15H18N2O3S/c1-10(2)16-12(9-13(18)20-3)14(19)17(15(16)21)11-7-5-4-6-8-11/h4-8,10,12H,9H2,1-3H3. The highest BCUT2D eigenvalue weighted by atomic mass is 32.1. The number of anilines is 1. The molecule has 1 atom stereocenters. The summed E-state index contributed by atoms with van der Waals surface area (Å²) < 4.78 is 4.69. The number of esters is 1. The zero-order valence-electron chi connectivity index (χ0n) is 12.3. The molecule has 1 aliphatic heterocycles. The van der Waals surface area contributed by atoms with Crippen molar-refractivity contribution >= 4 is 34.9 Å². The van der Waals surface area contributed by atoms with Crippen LogP contribution in [0.25, 0.3) is 0 Å². The van der Waals surface area contributed by atoms with E-state index in [1.165, 1.54) is 12.0 Å². The maximum Gasteiger partial charge on any atom is 0.308 e. The second-order valence-electron chi connectivity index (χ2n) is 5.09. The molecule has 1 aromatic rings. The van der Waals surface area contributed by atoms with Gasteiger partial charge in [0.1, 0.15) is 6.04 Å². The lowest BCUT2D eigenvalue weighted by Gasteiger charge is -2.27. The van der Waals surface area contributed by atoms with Crippen LogP contribution in [0.15, 0.2) is 30.3 Å². The van der Waals surface area contributed by atoms with Crippen LogP contribution in [0.4, 0.5) is 5.69 Å². The lowest BCUT2D eigenvalue weighted by atomic mass is 10.1. The predicted octanol–water partition coefficient (Wildman–Crippen LogP) is 1.96. The average Bonchev–Trinajstić information content (AvgIpc) is 2.71. The maximum absolute atomic E-state index is 12.7. The number of thiocarbonyl (C=S) groups is 1. The molecule has 1 fully saturated rings. The molecule has 0 aromatic heterocycles. The summed E-state index contributed by atoms with van der Waals surface area (Å²) in [6.07, 6.45) is -0.00299. The van der Waals surface area contributed by atoms with Gasteiger partial charge in [0.2, 0.25) is 0 Å². The molecule has 1 amide bonds. The first-order valence-electron chi connectivity index (χ1n) is 6.75. The zero-order chi connectivity index (χ0) is 15.6. The largest absolute Gasteiger partial charge is 0.469 e. The van der Waals surface area contributed by atoms with Gasteiger partial charge < -0.3 is 9.64 Å². The highest BCUT2D eigenvalue weighted by Crippen LogP contribution is 2.28. The molecule has 1 aromatic carbocycles. The molecule has 1 heterocycles. The van der Waals surface area contributed by atoms with Crippen LogP contribution < -0.4 is 4.90 Å². The minimum Gasteiger partial charge on any atom is -0.469 e. The van der Waals surface area contributed by atoms with Crippen molar-refractivity contribution in [3.8, 4) is 0 Å². The second kappa shape index (κ2) is 6.22. The molecule has 0 N–H and O–H groups in total. The molecule has 2 rings (SSSR count). The van der Waals surface area contributed by atoms with Crippen molar-refractivity contribution in [1.29, 1.82) is 0 Å². The molecule has 6 heteroatoms. The Hall–Kier alpha value is -1.95. The van der Waals surface area contributed by atoms with Gasteiger partial charge in [-0.15, -0.1) is 0 Å². The van der Waals surface area contributed by atoms with Crippen molar-refractivity contribution < 1.29 is 14.3 Å². The molecule has 1 aliphatic rings. The average molecular weight is 306 g/mol. The number of nitrogens with zero attached hydrogens (tertiary/aromatic N) is 2. The Bertz CT molecular complexity index is 559. The summed E-state index contributed by atoms with van der Waals surface area (Å²) >= 11 is 5.44. The van der Waals surface area contributed by atoms with Gasteiger partial charge in [-0.05, 0) is 38.2 Å². The molecule has 0 saturated carbocycles. The van der Waals surface area contributed by atoms with Crippen LogP contribution in [0.5, 0.6) is 0 Å². The Morgan fingerprint density at radius 2 is 1.95 bits per heavy atom. The van der Waals surface area contributed by atoms with Gasteiger partial charge in [-0.3, -0.25) is 14.5 Å². The molecule has 0 bridgehead atoms. The Morgan fingerprint density at radius 1 is 1.33 bits per heavy atom. The fourth-order valence-corrected chi connectivity index (χ4v) is 2.97. The number of hydrogen-bond donors (Lipinski definition) is 0. The van der Waals surface area contributed by atoms with Gasteiger partial charge in [0.15, 0.2) is 5.11 Å². The number of carbonyl (C=O) groups is 2. The summed E-state index contributed by atoms with van der Waals surface area (Å²) in [7, 11) is 1.31. The Morgan fingerprint density at radius 3 is 2.48 bits per heavy atom. The van der Waals surface area contributed by atoms with Gasteiger partial charge in [0, 0.05) is 6.04 Å². The summed E-state index contributed by atoms with van der Waals surface area (Å²) in [4.78, 5) is 27.5. The SMILES string of the molecule is COC(=O)CC1C(=O)N(c2ccccc2)C(=S)N1C(C)C. The third-order valence-corrected chi connectivity index (χ3v) is 3.81. The minimum atomic E-state index is -0.606. The van der Waals surface area contributed by atoms with Crippen LogP contribution >= 0.6 is 12.2 Å². The van der Waals surface area contributed by atoms with E-state index >= 15 is 0 Å². The molecular weight excluding hydrogens is 288 g/mol. The van der Waals surface area contributed by atoms with Crippen LogP contribution in [0, 0.1) is 0 Å². The topological polar surface area (TPSA) is 49.9 Å². The van der Waals surface area contributed by atoms with E-state index in [1.54, 1.807) is 4.90 Å². The molecule has 1 unspecified atom stereocenters. The van der Waals surface area contributed by atoms with Crippen LogP contribution in [-0.4, -0.2) is 41.1 Å². The van der Waals surface area contributed by atoms with Gasteiger partial charge in [-0.1, -0.05) is 18.2 Å². The number of methoxy groups -OCH3 is 1. The van der Waals surface area contributed by atoms with E-state index in [0.29, 0.717) is 10.8 Å². The van der Waals surface area contributed by atoms with Crippen LogP contribution in [0.2, 0.25) is 0 Å². The highest BCUT2D eigenvalue weighted by Gasteiger charge is 2.45. The first kappa shape index (κ1) is 15.4. The number of rotatable bonds is 4. The van der Waals surface area contributed by atoms with E-state index in [4.69, 9.17) is 12.2 Å². The summed E-state index contributed by atoms with van der Waals surface area (Å²) in [6.45, 7) is 3.89. The van der Waals surface area contributed by atoms with Gasteiger partial charge >= 0.3 is 5.97 Å². The van der Waals surface area contributed by atoms with Crippen molar-refractivity contribution in [2.45, 2.75) is 32.4 Å². The van der Waals surface area contributed by atoms with E-state index in [0.717, 1.165) is 0 Å². The predicted molar refractivity (Wildman–Crippen MR) is 83.9 cm³/mol. The van der Waals surface area contributed by atoms with Gasteiger partial charge in [0.25, 0.3) is 5.91 Å². The van der Waals surface area contributed by atoms with Crippen LogP contribution in [0.1, 0.15) is 20.3 Å². The molecule has 21 heavy (non-hydrogen) atoms. The third-order valence-electron chi connectivity index (χ3n) is 3.41. The third kappa shape index (κ3) is 2.90. The number of benzene rings is 1. The van der Waals surface area contributed by atoms with E-state index in [1.807, 2.05) is 44.2 Å². The van der Waals surface area contributed by atoms with Crippen LogP contribution in [-0.2, 0) is 14.3 Å². The van der Waals surface area contributed by atoms with Gasteiger partial charge in [-0.25, -0.2) is 0 Å². The molecule has 0 spiro atoms. The zero-order valence-corrected chi connectivity index (χ0v) is 13.1. The molecule has 1 saturated heterocycles. The molecule has 5 nitrogen and oxygen atoms in total. The first-order chi connectivity index (χ1) is 9.97. The number of amides is 1. The Kier molecular flexibility index (Phi) is 4.57. The summed E-state index contributed by atoms with van der Waals surface area (Å²) in [6, 6.07) is 8.62. The summed E-state index contributed by atoms with van der Waals surface area (Å²) in [5.41, 5.74) is 0.713. The smallest absolute Gasteiger partial charge is 0.308 e. The monoisotopic (exact) mass is 306 g/mol. The van der Waals surface area contributed by atoms with Crippen LogP contribution in [0.3, 0.4) is 0 Å². The number of carbonyl (C=O) groups excluding carboxylic acids is 2. The van der Waals surface area contributed by atoms with E-state index in [-0.39, 0.29) is 18.4 Å². The van der Waals surface area contributed by atoms with Crippen molar-refractivity contribution in [1.82, 2.24) is 4.90 Å². The lowest BCUT2D eigenvalue weighted by Crippen LogP contribution is -2.41. The quantitative estimate of drug-likeness (QED) is 0.629. The first-order valence-corrected chi connectivity index (χ1v) is 7.16. The number of hydrogen-bond acceptors (Lipinski definition) is 4. The van der Waals surface area contributed by atoms with Crippen molar-refractivity contribution in [2.75, 3.05) is 12.0 Å². The normalized spacial score (nSPS) is 18.6. The van der Waals surface area contributed by atoms with Gasteiger partial charge in [-0.2, -0.15) is 0 Å². The van der Waals surface area contributed by atoms with Gasteiger partial charge in [0.05, 0.1) is 19.2 Å². The number of para-hydroxylation sites is 1. The molecule has 0 radical (unpaired) electrons. The highest BCUT2D eigenvalue weighted by molar-refractivity contribution is 7.80. The Balaban J connectivity index is 2.36. The van der Waals surface area contributed by atoms with E-state index in [2.05, 4.69) is 4.74 Å². The van der Waals surface area contributed by atoms with Crippen molar-refractivity contribution in [3.63, 3.8) is 0 Å². The van der Waals surface area contributed by atoms with Crippen molar-refractivity contribution in [3.05, 3.63) is 30.3 Å². The van der Waals surface area contributed by atoms with E-state index < -0.39 is 12.0 Å². The Labute approximate surface area is 129 Å². The molecule has 112 valence electrons. The fraction of sp³-hybridized carbons (Fsp3) is 0.400. The summed E-state index contributed by atoms with van der Waals surface area (Å²) in [5, 5.41) is 0.426. The van der Waals surface area contributed by atoms with E-state index in [9.17, 15) is 9.59 Å². The fourth-order valence-electron chi connectivity index (χ4n) is 2.43. The number of ether oxygens (including phenoxy) is 1.